The Morgan fingerprint density at radius 1 is 1.40 bits per heavy atom. The first-order chi connectivity index (χ1) is 9.75. The summed E-state index contributed by atoms with van der Waals surface area (Å²) >= 11 is 0. The maximum atomic E-state index is 11.2. The Balaban J connectivity index is 1.81. The number of pyridine rings is 1. The summed E-state index contributed by atoms with van der Waals surface area (Å²) in [6.07, 6.45) is 7.36. The molecule has 2 fully saturated rings. The average Bonchev–Trinajstić information content (AvgIpc) is 3.30. The summed E-state index contributed by atoms with van der Waals surface area (Å²) in [5, 5.41) is 14.7. The van der Waals surface area contributed by atoms with Gasteiger partial charge in [0.05, 0.1) is 0 Å². The van der Waals surface area contributed by atoms with Crippen LogP contribution in [-0.4, -0.2) is 35.1 Å². The van der Waals surface area contributed by atoms with Gasteiger partial charge in [-0.15, -0.1) is 0 Å². The second-order valence-corrected chi connectivity index (χ2v) is 5.63. The molecule has 6 heteroatoms. The van der Waals surface area contributed by atoms with Gasteiger partial charge in [0.25, 0.3) is 0 Å². The Hall–Kier alpha value is -1.69. The lowest BCUT2D eigenvalue weighted by Gasteiger charge is -2.31. The van der Waals surface area contributed by atoms with E-state index in [1.807, 2.05) is 6.07 Å². The topological polar surface area (TPSA) is 71.3 Å². The van der Waals surface area contributed by atoms with Gasteiger partial charge in [-0.2, -0.15) is 0 Å². The molecule has 3 rings (SSSR count). The molecule has 20 heavy (non-hydrogen) atoms. The Labute approximate surface area is 118 Å². The third-order valence-corrected chi connectivity index (χ3v) is 4.07. The number of aromatic nitrogens is 1. The minimum Gasteiger partial charge on any atom is -0.360 e. The van der Waals surface area contributed by atoms with E-state index in [0.29, 0.717) is 17.8 Å². The first-order valence-corrected chi connectivity index (χ1v) is 7.35. The van der Waals surface area contributed by atoms with Crippen molar-refractivity contribution in [1.82, 2.24) is 10.3 Å². The van der Waals surface area contributed by atoms with Crippen LogP contribution < -0.4 is 10.2 Å². The van der Waals surface area contributed by atoms with Crippen molar-refractivity contribution >= 4 is 11.5 Å². The lowest BCUT2D eigenvalue weighted by atomic mass is 10.0. The number of nitrogens with zero attached hydrogens (tertiary/aromatic N) is 3. The standard InChI is InChI=1S/C14H20N4O2/c19-18(20)14-13(5-3-9-16-14)17(12-6-7-12)10-11-4-1-2-8-15-11/h3,5,9,11-12,15H,1-2,4,6-8,10H2. The molecule has 1 aromatic heterocycles. The van der Waals surface area contributed by atoms with Crippen LogP contribution in [0.3, 0.4) is 0 Å². The molecule has 1 saturated heterocycles. The monoisotopic (exact) mass is 276 g/mol. The van der Waals surface area contributed by atoms with Gasteiger partial charge in [0.2, 0.25) is 0 Å². The second-order valence-electron chi connectivity index (χ2n) is 5.63. The minimum absolute atomic E-state index is 0.0183. The Morgan fingerprint density at radius 2 is 2.25 bits per heavy atom. The van der Waals surface area contributed by atoms with Gasteiger partial charge in [0.15, 0.2) is 0 Å². The van der Waals surface area contributed by atoms with E-state index in [-0.39, 0.29) is 10.7 Å². The van der Waals surface area contributed by atoms with Gasteiger partial charge in [-0.05, 0) is 54.3 Å². The van der Waals surface area contributed by atoms with E-state index in [4.69, 9.17) is 0 Å². The van der Waals surface area contributed by atoms with E-state index in [0.717, 1.165) is 32.4 Å². The molecule has 2 heterocycles. The van der Waals surface area contributed by atoms with Crippen LogP contribution >= 0.6 is 0 Å². The van der Waals surface area contributed by atoms with Gasteiger partial charge in [-0.3, -0.25) is 0 Å². The maximum absolute atomic E-state index is 11.2. The summed E-state index contributed by atoms with van der Waals surface area (Å²) in [6.45, 7) is 1.90. The number of nitro groups is 1. The van der Waals surface area contributed by atoms with Crippen LogP contribution in [0.1, 0.15) is 32.1 Å². The smallest absolute Gasteiger partial charge is 0.360 e. The number of anilines is 1. The summed E-state index contributed by atoms with van der Waals surface area (Å²) in [6, 6.07) is 4.49. The van der Waals surface area contributed by atoms with Crippen molar-refractivity contribution in [2.75, 3.05) is 18.0 Å². The van der Waals surface area contributed by atoms with Gasteiger partial charge >= 0.3 is 5.82 Å². The van der Waals surface area contributed by atoms with Gasteiger partial charge in [-0.25, -0.2) is 0 Å². The van der Waals surface area contributed by atoms with Crippen LogP contribution in [0.5, 0.6) is 0 Å². The highest BCUT2D eigenvalue weighted by molar-refractivity contribution is 5.60. The molecule has 0 radical (unpaired) electrons. The Bertz CT molecular complexity index is 484. The summed E-state index contributed by atoms with van der Waals surface area (Å²) in [7, 11) is 0. The SMILES string of the molecule is O=[N+]([O-])c1ncccc1N(CC1CCCCN1)C1CC1. The van der Waals surface area contributed by atoms with Crippen molar-refractivity contribution in [2.45, 2.75) is 44.2 Å². The molecule has 1 aromatic rings. The third-order valence-electron chi connectivity index (χ3n) is 4.07. The van der Waals surface area contributed by atoms with Crippen molar-refractivity contribution in [3.05, 3.63) is 28.4 Å². The lowest BCUT2D eigenvalue weighted by Crippen LogP contribution is -2.44. The Kier molecular flexibility index (Phi) is 3.82. The molecule has 1 N–H and O–H groups in total. The molecular weight excluding hydrogens is 256 g/mol. The molecule has 1 unspecified atom stereocenters. The average molecular weight is 276 g/mol. The van der Waals surface area contributed by atoms with Crippen molar-refractivity contribution in [1.29, 1.82) is 0 Å². The first-order valence-electron chi connectivity index (χ1n) is 7.35. The summed E-state index contributed by atoms with van der Waals surface area (Å²) in [5.74, 6) is -0.0183. The highest BCUT2D eigenvalue weighted by Gasteiger charge is 2.34. The van der Waals surface area contributed by atoms with Gasteiger partial charge in [0.1, 0.15) is 11.9 Å². The minimum atomic E-state index is -0.376. The molecule has 6 nitrogen and oxygen atoms in total. The van der Waals surface area contributed by atoms with E-state index in [2.05, 4.69) is 15.2 Å². The molecule has 0 bridgehead atoms. The van der Waals surface area contributed by atoms with Gasteiger partial charge in [-0.1, -0.05) is 6.42 Å². The summed E-state index contributed by atoms with van der Waals surface area (Å²) < 4.78 is 0. The molecule has 0 spiro atoms. The fourth-order valence-electron chi connectivity index (χ4n) is 2.90. The highest BCUT2D eigenvalue weighted by Crippen LogP contribution is 2.36. The fraction of sp³-hybridized carbons (Fsp3) is 0.643. The largest absolute Gasteiger partial charge is 0.387 e. The quantitative estimate of drug-likeness (QED) is 0.658. The van der Waals surface area contributed by atoms with Crippen LogP contribution in [0.4, 0.5) is 11.5 Å². The van der Waals surface area contributed by atoms with E-state index in [9.17, 15) is 10.1 Å². The molecular formula is C14H20N4O2. The van der Waals surface area contributed by atoms with Crippen LogP contribution in [0, 0.1) is 10.1 Å². The molecule has 0 amide bonds. The van der Waals surface area contributed by atoms with Crippen LogP contribution in [0.25, 0.3) is 0 Å². The van der Waals surface area contributed by atoms with E-state index in [1.54, 1.807) is 6.07 Å². The molecule has 1 aliphatic carbocycles. The zero-order chi connectivity index (χ0) is 13.9. The van der Waals surface area contributed by atoms with Crippen LogP contribution in [0.2, 0.25) is 0 Å². The maximum Gasteiger partial charge on any atom is 0.387 e. The van der Waals surface area contributed by atoms with Gasteiger partial charge in [0, 0.05) is 18.6 Å². The second kappa shape index (κ2) is 5.75. The molecule has 1 aliphatic heterocycles. The van der Waals surface area contributed by atoms with E-state index < -0.39 is 0 Å². The lowest BCUT2D eigenvalue weighted by molar-refractivity contribution is -0.388. The number of piperidine rings is 1. The predicted octanol–water partition coefficient (Wildman–Crippen LogP) is 2.10. The van der Waals surface area contributed by atoms with E-state index >= 15 is 0 Å². The number of nitrogens with one attached hydrogen (secondary N) is 1. The molecule has 108 valence electrons. The molecule has 1 saturated carbocycles. The summed E-state index contributed by atoms with van der Waals surface area (Å²) in [5.41, 5.74) is 0.673. The van der Waals surface area contributed by atoms with Gasteiger partial charge < -0.3 is 20.3 Å². The first kappa shape index (κ1) is 13.3. The van der Waals surface area contributed by atoms with Crippen molar-refractivity contribution < 1.29 is 4.92 Å². The number of rotatable bonds is 5. The van der Waals surface area contributed by atoms with Crippen LogP contribution in [0.15, 0.2) is 18.3 Å². The number of hydrogen-bond donors (Lipinski definition) is 1. The van der Waals surface area contributed by atoms with Crippen LogP contribution in [-0.2, 0) is 0 Å². The zero-order valence-electron chi connectivity index (χ0n) is 11.5. The Morgan fingerprint density at radius 3 is 2.90 bits per heavy atom. The number of hydrogen-bond acceptors (Lipinski definition) is 5. The molecule has 2 aliphatic rings. The zero-order valence-corrected chi connectivity index (χ0v) is 11.5. The molecule has 0 aromatic carbocycles. The third kappa shape index (κ3) is 2.90. The van der Waals surface area contributed by atoms with E-state index in [1.165, 1.54) is 19.0 Å². The van der Waals surface area contributed by atoms with Crippen molar-refractivity contribution in [3.8, 4) is 0 Å². The van der Waals surface area contributed by atoms with Crippen molar-refractivity contribution in [3.63, 3.8) is 0 Å². The fourth-order valence-corrected chi connectivity index (χ4v) is 2.90. The highest BCUT2D eigenvalue weighted by atomic mass is 16.6. The van der Waals surface area contributed by atoms with Crippen molar-refractivity contribution in [2.24, 2.45) is 0 Å². The molecule has 1 atom stereocenters. The summed E-state index contributed by atoms with van der Waals surface area (Å²) in [4.78, 5) is 16.9. The normalized spacial score (nSPS) is 22.5. The predicted molar refractivity (Wildman–Crippen MR) is 76.9 cm³/mol.